The van der Waals surface area contributed by atoms with Crippen LogP contribution in [0.1, 0.15) is 17.1 Å². The van der Waals surface area contributed by atoms with Gasteiger partial charge in [0.25, 0.3) is 0 Å². The highest BCUT2D eigenvalue weighted by molar-refractivity contribution is 9.10. The lowest BCUT2D eigenvalue weighted by molar-refractivity contribution is -0.131. The van der Waals surface area contributed by atoms with Crippen LogP contribution in [0.2, 0.25) is 0 Å². The van der Waals surface area contributed by atoms with E-state index in [1.54, 1.807) is 27.5 Å². The van der Waals surface area contributed by atoms with Gasteiger partial charge in [-0.25, -0.2) is 0 Å². The van der Waals surface area contributed by atoms with Gasteiger partial charge in [-0.2, -0.15) is 10.2 Å². The number of halogens is 1. The van der Waals surface area contributed by atoms with Gasteiger partial charge in [0.1, 0.15) is 6.54 Å². The number of carbonyl (C=O) groups is 1. The molecule has 0 saturated carbocycles. The van der Waals surface area contributed by atoms with Crippen LogP contribution in [0.3, 0.4) is 0 Å². The predicted octanol–water partition coefficient (Wildman–Crippen LogP) is 1.65. The van der Waals surface area contributed by atoms with Crippen molar-refractivity contribution in [2.45, 2.75) is 26.9 Å². The van der Waals surface area contributed by atoms with Gasteiger partial charge in [0, 0.05) is 20.3 Å². The number of nitrogens with zero attached hydrogens (tertiary/aromatic N) is 5. The SMILES string of the molecule is Cc1nn(CC(=O)N(C)Cc2ccnn2C)c(C)c1Br. The average molecular weight is 340 g/mol. The second-order valence-electron chi connectivity index (χ2n) is 4.84. The molecule has 2 rings (SSSR count). The predicted molar refractivity (Wildman–Crippen MR) is 79.1 cm³/mol. The lowest BCUT2D eigenvalue weighted by atomic mass is 10.3. The summed E-state index contributed by atoms with van der Waals surface area (Å²) in [6.07, 6.45) is 1.73. The minimum atomic E-state index is 0.0179. The van der Waals surface area contributed by atoms with Crippen LogP contribution < -0.4 is 0 Å². The topological polar surface area (TPSA) is 56.0 Å². The van der Waals surface area contributed by atoms with E-state index in [2.05, 4.69) is 26.1 Å². The maximum Gasteiger partial charge on any atom is 0.244 e. The van der Waals surface area contributed by atoms with E-state index in [1.165, 1.54) is 0 Å². The lowest BCUT2D eigenvalue weighted by Crippen LogP contribution is -2.31. The Morgan fingerprint density at radius 1 is 1.45 bits per heavy atom. The Bertz CT molecular complexity index is 631. The summed E-state index contributed by atoms with van der Waals surface area (Å²) >= 11 is 3.47. The van der Waals surface area contributed by atoms with Crippen LogP contribution in [0.25, 0.3) is 0 Å². The van der Waals surface area contributed by atoms with Gasteiger partial charge in [0.2, 0.25) is 5.91 Å². The van der Waals surface area contributed by atoms with Gasteiger partial charge in [-0.1, -0.05) is 0 Å². The lowest BCUT2D eigenvalue weighted by Gasteiger charge is -2.17. The molecule has 0 spiro atoms. The fraction of sp³-hybridized carbons (Fsp3) is 0.462. The molecule has 6 nitrogen and oxygen atoms in total. The van der Waals surface area contributed by atoms with E-state index in [0.29, 0.717) is 6.54 Å². The highest BCUT2D eigenvalue weighted by atomic mass is 79.9. The summed E-state index contributed by atoms with van der Waals surface area (Å²) in [4.78, 5) is 13.9. The Hall–Kier alpha value is -1.63. The molecular formula is C13H18BrN5O. The number of aryl methyl sites for hydroxylation is 2. The van der Waals surface area contributed by atoms with E-state index in [4.69, 9.17) is 0 Å². The van der Waals surface area contributed by atoms with E-state index < -0.39 is 0 Å². The van der Waals surface area contributed by atoms with E-state index in [-0.39, 0.29) is 12.5 Å². The van der Waals surface area contributed by atoms with Gasteiger partial charge in [0.15, 0.2) is 0 Å². The van der Waals surface area contributed by atoms with E-state index in [1.807, 2.05) is 27.0 Å². The number of hydrogen-bond donors (Lipinski definition) is 0. The molecule has 2 heterocycles. The normalized spacial score (nSPS) is 10.8. The molecule has 0 bridgehead atoms. The molecule has 0 aliphatic heterocycles. The second-order valence-corrected chi connectivity index (χ2v) is 5.63. The summed E-state index contributed by atoms with van der Waals surface area (Å²) in [6.45, 7) is 4.64. The monoisotopic (exact) mass is 339 g/mol. The number of likely N-dealkylation sites (N-methyl/N-ethyl adjacent to an activating group) is 1. The molecule has 0 aliphatic rings. The second kappa shape index (κ2) is 5.78. The molecule has 0 atom stereocenters. The molecule has 108 valence electrons. The molecule has 0 saturated heterocycles. The minimum absolute atomic E-state index is 0.0179. The highest BCUT2D eigenvalue weighted by Gasteiger charge is 2.15. The van der Waals surface area contributed by atoms with Crippen molar-refractivity contribution < 1.29 is 4.79 Å². The fourth-order valence-corrected chi connectivity index (χ4v) is 2.25. The third-order valence-electron chi connectivity index (χ3n) is 3.33. The molecule has 0 aliphatic carbocycles. The molecule has 2 aromatic heterocycles. The Kier molecular flexibility index (Phi) is 4.27. The molecule has 7 heteroatoms. The number of carbonyl (C=O) groups excluding carboxylic acids is 1. The van der Waals surface area contributed by atoms with Crippen LogP contribution in [-0.4, -0.2) is 37.4 Å². The van der Waals surface area contributed by atoms with E-state index >= 15 is 0 Å². The molecule has 1 amide bonds. The van der Waals surface area contributed by atoms with Crippen LogP contribution >= 0.6 is 15.9 Å². The smallest absolute Gasteiger partial charge is 0.244 e. The van der Waals surface area contributed by atoms with Crippen molar-refractivity contribution in [1.29, 1.82) is 0 Å². The van der Waals surface area contributed by atoms with Gasteiger partial charge < -0.3 is 4.90 Å². The molecule has 0 unspecified atom stereocenters. The number of aromatic nitrogens is 4. The molecule has 0 radical (unpaired) electrons. The third kappa shape index (κ3) is 2.92. The Morgan fingerprint density at radius 2 is 2.15 bits per heavy atom. The molecular weight excluding hydrogens is 322 g/mol. The fourth-order valence-electron chi connectivity index (χ4n) is 1.97. The summed E-state index contributed by atoms with van der Waals surface area (Å²) in [5.74, 6) is 0.0179. The van der Waals surface area contributed by atoms with Crippen LogP contribution in [0.4, 0.5) is 0 Å². The van der Waals surface area contributed by atoms with Crippen molar-refractivity contribution in [3.05, 3.63) is 33.8 Å². The first-order chi connectivity index (χ1) is 9.40. The first kappa shape index (κ1) is 14.8. The van der Waals surface area contributed by atoms with Gasteiger partial charge in [-0.15, -0.1) is 0 Å². The average Bonchev–Trinajstić information content (AvgIpc) is 2.90. The summed E-state index contributed by atoms with van der Waals surface area (Å²) in [5.41, 5.74) is 2.85. The van der Waals surface area contributed by atoms with Gasteiger partial charge >= 0.3 is 0 Å². The zero-order valence-corrected chi connectivity index (χ0v) is 13.7. The first-order valence-corrected chi connectivity index (χ1v) is 7.09. The van der Waals surface area contributed by atoms with Crippen molar-refractivity contribution in [1.82, 2.24) is 24.5 Å². The maximum atomic E-state index is 12.2. The van der Waals surface area contributed by atoms with Crippen LogP contribution in [-0.2, 0) is 24.9 Å². The molecule has 0 fully saturated rings. The summed E-state index contributed by atoms with van der Waals surface area (Å²) in [6, 6.07) is 1.91. The highest BCUT2D eigenvalue weighted by Crippen LogP contribution is 2.19. The summed E-state index contributed by atoms with van der Waals surface area (Å²) in [7, 11) is 3.65. The zero-order chi connectivity index (χ0) is 14.9. The standard InChI is InChI=1S/C13H18BrN5O/c1-9-13(14)10(2)19(16-9)8-12(20)17(3)7-11-5-6-15-18(11)4/h5-6H,7-8H2,1-4H3. The van der Waals surface area contributed by atoms with Crippen molar-refractivity contribution >= 4 is 21.8 Å². The van der Waals surface area contributed by atoms with Gasteiger partial charge in [-0.05, 0) is 35.8 Å². The first-order valence-electron chi connectivity index (χ1n) is 6.30. The largest absolute Gasteiger partial charge is 0.338 e. The van der Waals surface area contributed by atoms with Gasteiger partial charge in [0.05, 0.1) is 28.1 Å². The van der Waals surface area contributed by atoms with Crippen molar-refractivity contribution in [2.24, 2.45) is 7.05 Å². The quantitative estimate of drug-likeness (QED) is 0.851. The molecule has 0 N–H and O–H groups in total. The van der Waals surface area contributed by atoms with Crippen LogP contribution in [0.15, 0.2) is 16.7 Å². The van der Waals surface area contributed by atoms with Gasteiger partial charge in [-0.3, -0.25) is 14.2 Å². The van der Waals surface area contributed by atoms with Crippen LogP contribution in [0, 0.1) is 13.8 Å². The minimum Gasteiger partial charge on any atom is -0.338 e. The molecule has 20 heavy (non-hydrogen) atoms. The number of rotatable bonds is 4. The van der Waals surface area contributed by atoms with Crippen molar-refractivity contribution in [2.75, 3.05) is 7.05 Å². The molecule has 0 aromatic carbocycles. The van der Waals surface area contributed by atoms with E-state index in [0.717, 1.165) is 21.6 Å². The Labute approximate surface area is 126 Å². The maximum absolute atomic E-state index is 12.2. The Morgan fingerprint density at radius 3 is 2.65 bits per heavy atom. The third-order valence-corrected chi connectivity index (χ3v) is 4.47. The summed E-state index contributed by atoms with van der Waals surface area (Å²) < 4.78 is 4.45. The number of amides is 1. The van der Waals surface area contributed by atoms with Crippen LogP contribution in [0.5, 0.6) is 0 Å². The number of hydrogen-bond acceptors (Lipinski definition) is 3. The summed E-state index contributed by atoms with van der Waals surface area (Å²) in [5, 5.41) is 8.45. The van der Waals surface area contributed by atoms with E-state index in [9.17, 15) is 4.79 Å². The zero-order valence-electron chi connectivity index (χ0n) is 12.1. The molecule has 2 aromatic rings. The van der Waals surface area contributed by atoms with Crippen molar-refractivity contribution in [3.63, 3.8) is 0 Å². The Balaban J connectivity index is 2.04. The van der Waals surface area contributed by atoms with Crippen molar-refractivity contribution in [3.8, 4) is 0 Å².